The Morgan fingerprint density at radius 1 is 1.12 bits per heavy atom. The molecule has 1 aliphatic rings. The number of pyridine rings is 1. The first-order chi connectivity index (χ1) is 12.5. The van der Waals surface area contributed by atoms with Gasteiger partial charge in [0, 0.05) is 38.9 Å². The Kier molecular flexibility index (Phi) is 5.75. The van der Waals surface area contributed by atoms with Crippen molar-refractivity contribution >= 4 is 21.5 Å². The van der Waals surface area contributed by atoms with E-state index in [1.165, 1.54) is 10.5 Å². The van der Waals surface area contributed by atoms with Gasteiger partial charge in [-0.1, -0.05) is 12.1 Å². The SMILES string of the molecule is CN(C)c1ccc(CNc2ccc(S(=O)(=O)N3CCOCC3)c[nH+]2)cc1. The summed E-state index contributed by atoms with van der Waals surface area (Å²) in [5.74, 6) is 0.766. The Labute approximate surface area is 154 Å². The van der Waals surface area contributed by atoms with Gasteiger partial charge in [0.05, 0.1) is 13.2 Å². The van der Waals surface area contributed by atoms with E-state index < -0.39 is 10.0 Å². The van der Waals surface area contributed by atoms with E-state index in [9.17, 15) is 8.42 Å². The zero-order valence-corrected chi connectivity index (χ0v) is 15.9. The Morgan fingerprint density at radius 3 is 2.38 bits per heavy atom. The lowest BCUT2D eigenvalue weighted by Gasteiger charge is -2.25. The van der Waals surface area contributed by atoms with Crippen LogP contribution in [0.1, 0.15) is 5.56 Å². The van der Waals surface area contributed by atoms with Crippen LogP contribution in [0.25, 0.3) is 0 Å². The van der Waals surface area contributed by atoms with Gasteiger partial charge in [-0.15, -0.1) is 0 Å². The molecule has 0 aliphatic carbocycles. The molecule has 7 nitrogen and oxygen atoms in total. The Balaban J connectivity index is 1.62. The van der Waals surface area contributed by atoms with Crippen molar-refractivity contribution in [1.82, 2.24) is 4.31 Å². The molecule has 8 heteroatoms. The van der Waals surface area contributed by atoms with Gasteiger partial charge < -0.3 is 9.64 Å². The first-order valence-electron chi connectivity index (χ1n) is 8.56. The first kappa shape index (κ1) is 18.6. The summed E-state index contributed by atoms with van der Waals surface area (Å²) in [5.41, 5.74) is 2.30. The standard InChI is InChI=1S/C18H24N4O3S/c1-21(2)16-5-3-15(4-6-16)13-19-18-8-7-17(14-20-18)26(23,24)22-9-11-25-12-10-22/h3-8,14H,9-13H2,1-2H3,(H,19,20)/p+1. The molecule has 140 valence electrons. The smallest absolute Gasteiger partial charge is 0.272 e. The highest BCUT2D eigenvalue weighted by molar-refractivity contribution is 7.89. The molecule has 2 heterocycles. The average Bonchev–Trinajstić information content (AvgIpc) is 2.67. The van der Waals surface area contributed by atoms with Crippen LogP contribution in [-0.4, -0.2) is 53.1 Å². The Hall–Kier alpha value is -2.16. The number of anilines is 2. The summed E-state index contributed by atoms with van der Waals surface area (Å²) in [6, 6.07) is 11.6. The van der Waals surface area contributed by atoms with Gasteiger partial charge in [0.15, 0.2) is 0 Å². The molecule has 1 aromatic carbocycles. The van der Waals surface area contributed by atoms with Crippen LogP contribution in [0, 0.1) is 0 Å². The molecule has 2 aromatic rings. The number of ether oxygens (including phenoxy) is 1. The van der Waals surface area contributed by atoms with Crippen molar-refractivity contribution in [2.45, 2.75) is 11.4 Å². The normalized spacial score (nSPS) is 15.6. The molecule has 0 bridgehead atoms. The number of aromatic nitrogens is 1. The predicted octanol–water partition coefficient (Wildman–Crippen LogP) is 1.20. The third-order valence-electron chi connectivity index (χ3n) is 4.33. The maximum Gasteiger partial charge on any atom is 0.272 e. The molecular weight excluding hydrogens is 352 g/mol. The van der Waals surface area contributed by atoms with E-state index >= 15 is 0 Å². The lowest BCUT2D eigenvalue weighted by atomic mass is 10.2. The van der Waals surface area contributed by atoms with Crippen molar-refractivity contribution in [2.75, 3.05) is 50.6 Å². The number of nitrogens with zero attached hydrogens (tertiary/aromatic N) is 2. The van der Waals surface area contributed by atoms with Gasteiger partial charge in [0.1, 0.15) is 17.6 Å². The van der Waals surface area contributed by atoms with Crippen molar-refractivity contribution in [3.8, 4) is 0 Å². The van der Waals surface area contributed by atoms with E-state index in [1.807, 2.05) is 14.1 Å². The van der Waals surface area contributed by atoms with Crippen LogP contribution in [0.3, 0.4) is 0 Å². The quantitative estimate of drug-likeness (QED) is 0.819. The molecule has 1 saturated heterocycles. The second-order valence-corrected chi connectivity index (χ2v) is 8.31. The summed E-state index contributed by atoms with van der Waals surface area (Å²) in [7, 11) is 0.548. The molecule has 0 unspecified atom stereocenters. The van der Waals surface area contributed by atoms with Gasteiger partial charge in [-0.3, -0.25) is 5.32 Å². The zero-order chi connectivity index (χ0) is 18.6. The van der Waals surface area contributed by atoms with Gasteiger partial charge in [-0.05, 0) is 23.8 Å². The van der Waals surface area contributed by atoms with E-state index in [0.29, 0.717) is 32.8 Å². The van der Waals surface area contributed by atoms with Gasteiger partial charge in [0.2, 0.25) is 10.0 Å². The highest BCUT2D eigenvalue weighted by Crippen LogP contribution is 2.17. The monoisotopic (exact) mass is 377 g/mol. The van der Waals surface area contributed by atoms with Crippen LogP contribution in [0.4, 0.5) is 11.5 Å². The van der Waals surface area contributed by atoms with Crippen molar-refractivity contribution in [3.05, 3.63) is 48.2 Å². The minimum absolute atomic E-state index is 0.264. The third kappa shape index (κ3) is 4.32. The molecule has 0 saturated carbocycles. The fraction of sp³-hybridized carbons (Fsp3) is 0.389. The molecule has 0 atom stereocenters. The minimum atomic E-state index is -3.47. The molecule has 1 aromatic heterocycles. The summed E-state index contributed by atoms with van der Waals surface area (Å²) in [6.45, 7) is 2.32. The van der Waals surface area contributed by atoms with Crippen LogP contribution >= 0.6 is 0 Å². The Morgan fingerprint density at radius 2 is 1.81 bits per heavy atom. The lowest BCUT2D eigenvalue weighted by Crippen LogP contribution is -2.40. The number of H-pyrrole nitrogens is 1. The number of nitrogens with one attached hydrogen (secondary N) is 2. The number of rotatable bonds is 6. The fourth-order valence-electron chi connectivity index (χ4n) is 2.73. The summed E-state index contributed by atoms with van der Waals surface area (Å²) >= 11 is 0. The number of aromatic amines is 1. The van der Waals surface area contributed by atoms with E-state index in [0.717, 1.165) is 17.1 Å². The molecule has 0 radical (unpaired) electrons. The molecule has 0 spiro atoms. The van der Waals surface area contributed by atoms with Gasteiger partial charge in [-0.25, -0.2) is 13.4 Å². The van der Waals surface area contributed by atoms with Crippen LogP contribution in [0.5, 0.6) is 0 Å². The summed E-state index contributed by atoms with van der Waals surface area (Å²) in [6.07, 6.45) is 1.53. The molecule has 1 aliphatic heterocycles. The average molecular weight is 377 g/mol. The highest BCUT2D eigenvalue weighted by Gasteiger charge is 2.27. The zero-order valence-electron chi connectivity index (χ0n) is 15.1. The lowest BCUT2D eigenvalue weighted by molar-refractivity contribution is -0.364. The van der Waals surface area contributed by atoms with E-state index in [1.54, 1.807) is 12.1 Å². The predicted molar refractivity (Wildman–Crippen MR) is 101 cm³/mol. The topological polar surface area (TPSA) is 76.0 Å². The molecule has 26 heavy (non-hydrogen) atoms. The van der Waals surface area contributed by atoms with E-state index in [4.69, 9.17) is 4.74 Å². The van der Waals surface area contributed by atoms with E-state index in [2.05, 4.69) is 39.5 Å². The van der Waals surface area contributed by atoms with Crippen molar-refractivity contribution in [2.24, 2.45) is 0 Å². The summed E-state index contributed by atoms with van der Waals surface area (Å²) in [5, 5.41) is 3.27. The Bertz CT molecular complexity index is 815. The van der Waals surface area contributed by atoms with Crippen LogP contribution in [-0.2, 0) is 21.3 Å². The maximum atomic E-state index is 12.6. The highest BCUT2D eigenvalue weighted by atomic mass is 32.2. The summed E-state index contributed by atoms with van der Waals surface area (Å²) < 4.78 is 31.9. The second kappa shape index (κ2) is 8.03. The molecular formula is C18H25N4O3S+. The number of sulfonamides is 1. The van der Waals surface area contributed by atoms with Crippen LogP contribution < -0.4 is 15.2 Å². The third-order valence-corrected chi connectivity index (χ3v) is 6.22. The largest absolute Gasteiger partial charge is 0.379 e. The summed E-state index contributed by atoms with van der Waals surface area (Å²) in [4.78, 5) is 5.34. The van der Waals surface area contributed by atoms with Crippen molar-refractivity contribution in [1.29, 1.82) is 0 Å². The molecule has 2 N–H and O–H groups in total. The van der Waals surface area contributed by atoms with Crippen molar-refractivity contribution < 1.29 is 18.1 Å². The maximum absolute atomic E-state index is 12.6. The molecule has 3 rings (SSSR count). The number of benzene rings is 1. The number of morpholine rings is 1. The van der Waals surface area contributed by atoms with Gasteiger partial charge in [0.25, 0.3) is 5.82 Å². The second-order valence-electron chi connectivity index (χ2n) is 6.37. The van der Waals surface area contributed by atoms with Gasteiger partial charge in [-0.2, -0.15) is 4.31 Å². The molecule has 1 fully saturated rings. The van der Waals surface area contributed by atoms with Crippen LogP contribution in [0.2, 0.25) is 0 Å². The number of hydrogen-bond acceptors (Lipinski definition) is 5. The van der Waals surface area contributed by atoms with E-state index in [-0.39, 0.29) is 4.90 Å². The fourth-order valence-corrected chi connectivity index (χ4v) is 4.10. The van der Waals surface area contributed by atoms with Crippen LogP contribution in [0.15, 0.2) is 47.5 Å². The molecule has 0 amide bonds. The van der Waals surface area contributed by atoms with Crippen molar-refractivity contribution in [3.63, 3.8) is 0 Å². The van der Waals surface area contributed by atoms with Gasteiger partial charge >= 0.3 is 0 Å². The number of hydrogen-bond donors (Lipinski definition) is 1. The first-order valence-corrected chi connectivity index (χ1v) is 10.0. The minimum Gasteiger partial charge on any atom is -0.379 e.